The zero-order valence-corrected chi connectivity index (χ0v) is 18.5. The van der Waals surface area contributed by atoms with Crippen LogP contribution in [0.3, 0.4) is 0 Å². The highest BCUT2D eigenvalue weighted by atomic mass is 35.5. The van der Waals surface area contributed by atoms with Gasteiger partial charge >= 0.3 is 0 Å². The van der Waals surface area contributed by atoms with Crippen LogP contribution < -0.4 is 10.1 Å². The minimum absolute atomic E-state index is 0.160. The summed E-state index contributed by atoms with van der Waals surface area (Å²) in [4.78, 5) is 27.2. The van der Waals surface area contributed by atoms with Crippen LogP contribution in [0.4, 0.5) is 14.5 Å². The van der Waals surface area contributed by atoms with E-state index in [1.807, 2.05) is 25.1 Å². The first-order valence-electron chi connectivity index (χ1n) is 10.4. The number of amides is 2. The van der Waals surface area contributed by atoms with Crippen LogP contribution in [-0.4, -0.2) is 22.8 Å². The summed E-state index contributed by atoms with van der Waals surface area (Å²) in [6, 6.07) is 15.0. The molecule has 0 saturated carbocycles. The molecule has 3 aromatic carbocycles. The maximum absolute atomic E-state index is 14.0. The summed E-state index contributed by atoms with van der Waals surface area (Å²) in [6.45, 7) is 2.41. The quantitative estimate of drug-likeness (QED) is 0.530. The molecule has 0 spiro atoms. The molecule has 0 radical (unpaired) electrons. The summed E-state index contributed by atoms with van der Waals surface area (Å²) in [5.74, 6) is -2.05. The third-order valence-electron chi connectivity index (χ3n) is 5.40. The van der Waals surface area contributed by atoms with Gasteiger partial charge < -0.3 is 15.0 Å². The van der Waals surface area contributed by atoms with Crippen LogP contribution in [0.1, 0.15) is 34.8 Å². The van der Waals surface area contributed by atoms with Crippen molar-refractivity contribution >= 4 is 29.1 Å². The number of carbonyl (C=O) groups is 2. The third-order valence-corrected chi connectivity index (χ3v) is 5.77. The smallest absolute Gasteiger partial charge is 0.264 e. The van der Waals surface area contributed by atoms with Crippen molar-refractivity contribution in [2.24, 2.45) is 0 Å². The molecule has 0 aliphatic carbocycles. The van der Waals surface area contributed by atoms with Gasteiger partial charge in [0.05, 0.1) is 5.56 Å². The van der Waals surface area contributed by atoms with Crippen molar-refractivity contribution in [2.45, 2.75) is 32.5 Å². The number of benzene rings is 3. The average molecular weight is 471 g/mol. The molecule has 0 unspecified atom stereocenters. The van der Waals surface area contributed by atoms with Gasteiger partial charge in [0.25, 0.3) is 11.8 Å². The number of hydrogen-bond acceptors (Lipinski definition) is 3. The highest BCUT2D eigenvalue weighted by Crippen LogP contribution is 2.31. The van der Waals surface area contributed by atoms with Gasteiger partial charge in [-0.15, -0.1) is 0 Å². The molecule has 1 aliphatic heterocycles. The number of fused-ring (bicyclic) bond motifs is 1. The van der Waals surface area contributed by atoms with E-state index < -0.39 is 23.6 Å². The minimum Gasteiger partial charge on any atom is -0.480 e. The Labute approximate surface area is 194 Å². The normalized spacial score (nSPS) is 15.5. The number of ether oxygens (including phenoxy) is 1. The predicted molar refractivity (Wildman–Crippen MR) is 121 cm³/mol. The highest BCUT2D eigenvalue weighted by Gasteiger charge is 2.30. The minimum atomic E-state index is -0.951. The van der Waals surface area contributed by atoms with Crippen LogP contribution in [0, 0.1) is 11.6 Å². The second-order valence-corrected chi connectivity index (χ2v) is 8.11. The van der Waals surface area contributed by atoms with Gasteiger partial charge in [-0.05, 0) is 48.4 Å². The Balaban J connectivity index is 1.61. The van der Waals surface area contributed by atoms with E-state index >= 15 is 0 Å². The molecule has 0 fully saturated rings. The summed E-state index contributed by atoms with van der Waals surface area (Å²) in [6.07, 6.45) is -0.165. The first-order chi connectivity index (χ1) is 15.9. The van der Waals surface area contributed by atoms with Crippen molar-refractivity contribution in [3.05, 3.63) is 94.0 Å². The van der Waals surface area contributed by atoms with E-state index in [1.54, 1.807) is 29.2 Å². The molecule has 1 atom stereocenters. The number of nitrogens with zero attached hydrogens (tertiary/aromatic N) is 1. The number of nitrogens with one attached hydrogen (secondary N) is 1. The fourth-order valence-electron chi connectivity index (χ4n) is 3.68. The SMILES string of the molecule is CC[C@@H]1Oc2ccc(NC(=O)c3ccc(F)cc3F)cc2CN(Cc2ccccc2Cl)C1=O. The molecule has 0 saturated heterocycles. The molecule has 33 heavy (non-hydrogen) atoms. The molecular weight excluding hydrogens is 450 g/mol. The second kappa shape index (κ2) is 9.58. The number of halogens is 3. The molecule has 1 N–H and O–H groups in total. The summed E-state index contributed by atoms with van der Waals surface area (Å²) >= 11 is 6.29. The van der Waals surface area contributed by atoms with E-state index in [-0.39, 0.29) is 18.0 Å². The van der Waals surface area contributed by atoms with Crippen LogP contribution in [-0.2, 0) is 17.9 Å². The van der Waals surface area contributed by atoms with Gasteiger partial charge in [0.1, 0.15) is 17.4 Å². The van der Waals surface area contributed by atoms with Gasteiger partial charge in [-0.2, -0.15) is 0 Å². The van der Waals surface area contributed by atoms with Gasteiger partial charge in [-0.3, -0.25) is 9.59 Å². The first-order valence-corrected chi connectivity index (χ1v) is 10.8. The van der Waals surface area contributed by atoms with Gasteiger partial charge in [-0.25, -0.2) is 8.78 Å². The highest BCUT2D eigenvalue weighted by molar-refractivity contribution is 6.31. The largest absolute Gasteiger partial charge is 0.480 e. The summed E-state index contributed by atoms with van der Waals surface area (Å²) in [5.41, 5.74) is 1.61. The van der Waals surface area contributed by atoms with Gasteiger partial charge in [0, 0.05) is 35.4 Å². The Kier molecular flexibility index (Phi) is 6.60. The second-order valence-electron chi connectivity index (χ2n) is 7.70. The molecule has 8 heteroatoms. The van der Waals surface area contributed by atoms with Crippen molar-refractivity contribution in [2.75, 3.05) is 5.32 Å². The molecule has 3 aromatic rings. The van der Waals surface area contributed by atoms with E-state index in [1.165, 1.54) is 0 Å². The van der Waals surface area contributed by atoms with Crippen molar-refractivity contribution in [1.82, 2.24) is 4.90 Å². The standard InChI is InChI=1S/C25H21ClF2N2O3/c1-2-22-25(32)30(13-15-5-3-4-6-20(15)26)14-16-11-18(8-10-23(16)33-22)29-24(31)19-9-7-17(27)12-21(19)28/h3-12,22H,2,13-14H2,1H3,(H,29,31)/t22-/m0/s1. The van der Waals surface area contributed by atoms with Crippen molar-refractivity contribution in [3.63, 3.8) is 0 Å². The molecule has 0 aromatic heterocycles. The first kappa shape index (κ1) is 22.7. The van der Waals surface area contributed by atoms with Crippen LogP contribution >= 0.6 is 11.6 Å². The lowest BCUT2D eigenvalue weighted by atomic mass is 10.1. The van der Waals surface area contributed by atoms with E-state index in [4.69, 9.17) is 16.3 Å². The maximum Gasteiger partial charge on any atom is 0.264 e. The van der Waals surface area contributed by atoms with Crippen molar-refractivity contribution < 1.29 is 23.1 Å². The molecule has 4 rings (SSSR count). The topological polar surface area (TPSA) is 58.6 Å². The molecule has 1 aliphatic rings. The Morgan fingerprint density at radius 2 is 1.94 bits per heavy atom. The predicted octanol–water partition coefficient (Wildman–Crippen LogP) is 5.57. The van der Waals surface area contributed by atoms with Crippen molar-refractivity contribution in [1.29, 1.82) is 0 Å². The Morgan fingerprint density at radius 1 is 1.15 bits per heavy atom. The Bertz CT molecular complexity index is 1220. The number of carbonyl (C=O) groups excluding carboxylic acids is 2. The van der Waals surface area contributed by atoms with Gasteiger partial charge in [-0.1, -0.05) is 36.7 Å². The fraction of sp³-hybridized carbons (Fsp3) is 0.200. The maximum atomic E-state index is 14.0. The number of hydrogen-bond donors (Lipinski definition) is 1. The summed E-state index contributed by atoms with van der Waals surface area (Å²) in [7, 11) is 0. The number of rotatable bonds is 5. The van der Waals surface area contributed by atoms with Gasteiger partial charge in [0.15, 0.2) is 6.10 Å². The molecule has 1 heterocycles. The average Bonchev–Trinajstić information content (AvgIpc) is 2.91. The van der Waals surface area contributed by atoms with E-state index in [0.29, 0.717) is 41.1 Å². The summed E-state index contributed by atoms with van der Waals surface area (Å²) < 4.78 is 33.1. The zero-order valence-electron chi connectivity index (χ0n) is 17.8. The molecule has 170 valence electrons. The lowest BCUT2D eigenvalue weighted by Gasteiger charge is -2.23. The molecule has 2 amide bonds. The Hall–Kier alpha value is -3.45. The van der Waals surface area contributed by atoms with Crippen molar-refractivity contribution in [3.8, 4) is 5.75 Å². The third kappa shape index (κ3) is 4.98. The monoisotopic (exact) mass is 470 g/mol. The lowest BCUT2D eigenvalue weighted by molar-refractivity contribution is -0.139. The Morgan fingerprint density at radius 3 is 2.67 bits per heavy atom. The number of anilines is 1. The lowest BCUT2D eigenvalue weighted by Crippen LogP contribution is -2.38. The van der Waals surface area contributed by atoms with E-state index in [0.717, 1.165) is 17.7 Å². The fourth-order valence-corrected chi connectivity index (χ4v) is 3.88. The molecular formula is C25H21ClF2N2O3. The molecule has 0 bridgehead atoms. The summed E-state index contributed by atoms with van der Waals surface area (Å²) in [5, 5.41) is 3.18. The van der Waals surface area contributed by atoms with E-state index in [2.05, 4.69) is 5.32 Å². The van der Waals surface area contributed by atoms with Crippen LogP contribution in [0.2, 0.25) is 5.02 Å². The van der Waals surface area contributed by atoms with Gasteiger partial charge in [0.2, 0.25) is 0 Å². The zero-order chi connectivity index (χ0) is 23.5. The van der Waals surface area contributed by atoms with Crippen LogP contribution in [0.15, 0.2) is 60.7 Å². The van der Waals surface area contributed by atoms with Crippen LogP contribution in [0.25, 0.3) is 0 Å². The van der Waals surface area contributed by atoms with E-state index in [9.17, 15) is 18.4 Å². The molecule has 5 nitrogen and oxygen atoms in total. The van der Waals surface area contributed by atoms with Crippen LogP contribution in [0.5, 0.6) is 5.75 Å².